The van der Waals surface area contributed by atoms with Gasteiger partial charge in [0.05, 0.1) is 22.6 Å². The number of hydrogen-bond donors (Lipinski definition) is 1. The summed E-state index contributed by atoms with van der Waals surface area (Å²) in [6.45, 7) is 0. The van der Waals surface area contributed by atoms with Crippen LogP contribution in [0.3, 0.4) is 0 Å². The van der Waals surface area contributed by atoms with Gasteiger partial charge in [-0.2, -0.15) is 0 Å². The Labute approximate surface area is 167 Å². The lowest BCUT2D eigenvalue weighted by Crippen LogP contribution is -1.92. The lowest BCUT2D eigenvalue weighted by molar-refractivity contribution is 1.25. The van der Waals surface area contributed by atoms with Crippen LogP contribution in [0.15, 0.2) is 97.2 Å². The summed E-state index contributed by atoms with van der Waals surface area (Å²) in [7, 11) is 0. The maximum Gasteiger partial charge on any atom is 0.0893 e. The normalized spacial score (nSPS) is 11.4. The van der Waals surface area contributed by atoms with Gasteiger partial charge in [0.2, 0.25) is 0 Å². The molecule has 0 fully saturated rings. The van der Waals surface area contributed by atoms with E-state index in [9.17, 15) is 0 Å². The molecular weight excluding hydrogens is 354 g/mol. The fraction of sp³-hybridized carbons (Fsp3) is 0. The Kier molecular flexibility index (Phi) is 3.47. The van der Waals surface area contributed by atoms with Crippen molar-refractivity contribution in [3.05, 3.63) is 97.2 Å². The van der Waals surface area contributed by atoms with Crippen LogP contribution in [-0.2, 0) is 0 Å². The molecular formula is C26H17N3. The molecule has 0 atom stereocenters. The second-order valence-corrected chi connectivity index (χ2v) is 7.19. The Hall–Kier alpha value is -3.98. The first-order valence-corrected chi connectivity index (χ1v) is 9.69. The molecule has 0 bridgehead atoms. The van der Waals surface area contributed by atoms with Crippen LogP contribution in [0.25, 0.3) is 55.2 Å². The van der Waals surface area contributed by atoms with Crippen molar-refractivity contribution in [2.75, 3.05) is 0 Å². The van der Waals surface area contributed by atoms with E-state index in [0.717, 1.165) is 33.7 Å². The highest BCUT2D eigenvalue weighted by atomic mass is 14.8. The number of H-pyrrole nitrogens is 1. The predicted molar refractivity (Wildman–Crippen MR) is 120 cm³/mol. The molecule has 0 aliphatic heterocycles. The smallest absolute Gasteiger partial charge is 0.0893 e. The van der Waals surface area contributed by atoms with Gasteiger partial charge in [-0.05, 0) is 47.2 Å². The lowest BCUT2D eigenvalue weighted by atomic mass is 9.97. The highest BCUT2D eigenvalue weighted by molar-refractivity contribution is 6.19. The van der Waals surface area contributed by atoms with Crippen LogP contribution in [0.2, 0.25) is 0 Å². The molecule has 0 saturated heterocycles. The van der Waals surface area contributed by atoms with E-state index in [1.807, 2.05) is 24.3 Å². The zero-order valence-corrected chi connectivity index (χ0v) is 15.6. The van der Waals surface area contributed by atoms with Gasteiger partial charge < -0.3 is 4.98 Å². The molecule has 0 aliphatic rings. The van der Waals surface area contributed by atoms with Gasteiger partial charge >= 0.3 is 0 Å². The van der Waals surface area contributed by atoms with Gasteiger partial charge in [-0.25, -0.2) is 4.98 Å². The van der Waals surface area contributed by atoms with Crippen LogP contribution < -0.4 is 0 Å². The summed E-state index contributed by atoms with van der Waals surface area (Å²) in [5.41, 5.74) is 6.09. The van der Waals surface area contributed by atoms with E-state index in [1.165, 1.54) is 21.5 Å². The first-order chi connectivity index (χ1) is 14.4. The van der Waals surface area contributed by atoms with Crippen molar-refractivity contribution in [1.29, 1.82) is 0 Å². The summed E-state index contributed by atoms with van der Waals surface area (Å²) in [6, 6.07) is 31.3. The number of benzene rings is 3. The molecule has 3 heteroatoms. The summed E-state index contributed by atoms with van der Waals surface area (Å²) in [5.74, 6) is 0. The van der Waals surface area contributed by atoms with Crippen LogP contribution in [0.4, 0.5) is 0 Å². The van der Waals surface area contributed by atoms with Crippen LogP contribution >= 0.6 is 0 Å². The summed E-state index contributed by atoms with van der Waals surface area (Å²) in [5, 5.41) is 4.86. The van der Waals surface area contributed by atoms with Gasteiger partial charge in [0.1, 0.15) is 0 Å². The third-order valence-corrected chi connectivity index (χ3v) is 5.46. The molecule has 0 spiro atoms. The zero-order chi connectivity index (χ0) is 19.2. The van der Waals surface area contributed by atoms with Crippen molar-refractivity contribution in [2.24, 2.45) is 0 Å². The predicted octanol–water partition coefficient (Wildman–Crippen LogP) is 6.60. The number of pyridine rings is 2. The highest BCUT2D eigenvalue weighted by Crippen LogP contribution is 2.38. The first-order valence-electron chi connectivity index (χ1n) is 9.69. The summed E-state index contributed by atoms with van der Waals surface area (Å²) < 4.78 is 0. The van der Waals surface area contributed by atoms with Crippen LogP contribution in [0.1, 0.15) is 0 Å². The van der Waals surface area contributed by atoms with Gasteiger partial charge in [-0.3, -0.25) is 4.98 Å². The number of aromatic amines is 1. The van der Waals surface area contributed by atoms with Gasteiger partial charge in [0, 0.05) is 28.0 Å². The van der Waals surface area contributed by atoms with Crippen molar-refractivity contribution < 1.29 is 0 Å². The minimum Gasteiger partial charge on any atom is -0.354 e. The summed E-state index contributed by atoms with van der Waals surface area (Å²) >= 11 is 0. The van der Waals surface area contributed by atoms with E-state index in [1.54, 1.807) is 6.20 Å². The van der Waals surface area contributed by atoms with Gasteiger partial charge in [-0.1, -0.05) is 54.6 Å². The molecule has 6 aromatic rings. The Morgan fingerprint density at radius 1 is 0.586 bits per heavy atom. The minimum absolute atomic E-state index is 0.875. The van der Waals surface area contributed by atoms with Crippen LogP contribution in [0, 0.1) is 0 Å². The van der Waals surface area contributed by atoms with Gasteiger partial charge in [0.25, 0.3) is 0 Å². The average Bonchev–Trinajstić information content (AvgIpc) is 3.16. The molecule has 0 aliphatic carbocycles. The van der Waals surface area contributed by atoms with E-state index in [-0.39, 0.29) is 0 Å². The number of rotatable bonds is 2. The van der Waals surface area contributed by atoms with Gasteiger partial charge in [-0.15, -0.1) is 0 Å². The third kappa shape index (κ3) is 2.52. The maximum atomic E-state index is 5.00. The number of para-hydroxylation sites is 1. The molecule has 1 N–H and O–H groups in total. The Morgan fingerprint density at radius 3 is 2.24 bits per heavy atom. The Bertz CT molecular complexity index is 1500. The largest absolute Gasteiger partial charge is 0.354 e. The van der Waals surface area contributed by atoms with E-state index in [4.69, 9.17) is 4.98 Å². The van der Waals surface area contributed by atoms with E-state index >= 15 is 0 Å². The summed E-state index contributed by atoms with van der Waals surface area (Å²) in [6.07, 6.45) is 1.80. The molecule has 0 radical (unpaired) electrons. The van der Waals surface area contributed by atoms with Crippen molar-refractivity contribution >= 4 is 32.6 Å². The zero-order valence-electron chi connectivity index (χ0n) is 15.6. The van der Waals surface area contributed by atoms with E-state index < -0.39 is 0 Å². The second kappa shape index (κ2) is 6.28. The van der Waals surface area contributed by atoms with E-state index in [0.29, 0.717) is 0 Å². The Balaban J connectivity index is 1.72. The molecule has 3 aromatic heterocycles. The van der Waals surface area contributed by atoms with Crippen molar-refractivity contribution in [1.82, 2.24) is 15.0 Å². The first kappa shape index (κ1) is 16.0. The summed E-state index contributed by atoms with van der Waals surface area (Å²) in [4.78, 5) is 13.1. The average molecular weight is 371 g/mol. The number of hydrogen-bond acceptors (Lipinski definition) is 2. The van der Waals surface area contributed by atoms with Crippen molar-refractivity contribution in [3.8, 4) is 22.6 Å². The van der Waals surface area contributed by atoms with Crippen molar-refractivity contribution in [3.63, 3.8) is 0 Å². The lowest BCUT2D eigenvalue weighted by Gasteiger charge is -2.10. The molecule has 6 rings (SSSR count). The fourth-order valence-corrected chi connectivity index (χ4v) is 4.15. The van der Waals surface area contributed by atoms with E-state index in [2.05, 4.69) is 76.7 Å². The standard InChI is InChI=1S/C26H17N3/c1-2-9-18-17(8-1)16-20-19-10-3-4-11-21(19)29-26(20)25(18)24-14-7-13-23(28-24)22-12-5-6-15-27-22/h1-16,29H. The number of nitrogens with zero attached hydrogens (tertiary/aromatic N) is 2. The molecule has 0 amide bonds. The van der Waals surface area contributed by atoms with Crippen molar-refractivity contribution in [2.45, 2.75) is 0 Å². The molecule has 136 valence electrons. The third-order valence-electron chi connectivity index (χ3n) is 5.46. The number of fused-ring (bicyclic) bond motifs is 4. The van der Waals surface area contributed by atoms with Crippen LogP contribution in [-0.4, -0.2) is 15.0 Å². The second-order valence-electron chi connectivity index (χ2n) is 7.19. The quantitative estimate of drug-likeness (QED) is 0.373. The SMILES string of the molecule is c1ccc(-c2cccc(-c3c4ccccc4cc4c3[nH]c3ccccc34)n2)nc1. The number of nitrogens with one attached hydrogen (secondary N) is 1. The topological polar surface area (TPSA) is 41.6 Å². The minimum atomic E-state index is 0.875. The molecule has 3 aromatic carbocycles. The monoisotopic (exact) mass is 371 g/mol. The highest BCUT2D eigenvalue weighted by Gasteiger charge is 2.15. The Morgan fingerprint density at radius 2 is 1.34 bits per heavy atom. The molecule has 0 saturated carbocycles. The molecule has 0 unspecified atom stereocenters. The molecule has 3 nitrogen and oxygen atoms in total. The fourth-order valence-electron chi connectivity index (χ4n) is 4.15. The maximum absolute atomic E-state index is 5.00. The number of aromatic nitrogens is 3. The molecule has 29 heavy (non-hydrogen) atoms. The molecule has 3 heterocycles. The van der Waals surface area contributed by atoms with Gasteiger partial charge in [0.15, 0.2) is 0 Å². The van der Waals surface area contributed by atoms with Crippen LogP contribution in [0.5, 0.6) is 0 Å².